The van der Waals surface area contributed by atoms with Crippen LogP contribution in [0.5, 0.6) is 11.5 Å². The quantitative estimate of drug-likeness (QED) is 0.827. The first kappa shape index (κ1) is 16.9. The van der Waals surface area contributed by atoms with Crippen molar-refractivity contribution in [2.45, 2.75) is 6.42 Å². The van der Waals surface area contributed by atoms with E-state index in [0.717, 1.165) is 16.2 Å². The summed E-state index contributed by atoms with van der Waals surface area (Å²) in [7, 11) is 0. The Bertz CT molecular complexity index is 798. The van der Waals surface area contributed by atoms with Gasteiger partial charge in [0.05, 0.1) is 11.3 Å². The molecule has 2 aliphatic heterocycles. The molecule has 0 aliphatic carbocycles. The summed E-state index contributed by atoms with van der Waals surface area (Å²) in [6.45, 7) is 3.37. The third kappa shape index (κ3) is 3.53. The predicted molar refractivity (Wildman–Crippen MR) is 97.9 cm³/mol. The summed E-state index contributed by atoms with van der Waals surface area (Å²) in [5, 5.41) is 1.90. The average Bonchev–Trinajstić information content (AvgIpc) is 3.22. The Morgan fingerprint density at radius 2 is 1.69 bits per heavy atom. The van der Waals surface area contributed by atoms with Crippen LogP contribution in [0.3, 0.4) is 0 Å². The highest BCUT2D eigenvalue weighted by Gasteiger charge is 2.25. The smallest absolute Gasteiger partial charge is 0.264 e. The van der Waals surface area contributed by atoms with Gasteiger partial charge in [0.25, 0.3) is 5.91 Å². The maximum absolute atomic E-state index is 12.6. The minimum atomic E-state index is 0.0546. The van der Waals surface area contributed by atoms with Crippen molar-refractivity contribution in [2.24, 2.45) is 0 Å². The van der Waals surface area contributed by atoms with Gasteiger partial charge in [0.1, 0.15) is 13.2 Å². The Morgan fingerprint density at radius 3 is 2.42 bits per heavy atom. The van der Waals surface area contributed by atoms with Gasteiger partial charge in [0, 0.05) is 26.2 Å². The molecule has 6 nitrogen and oxygen atoms in total. The van der Waals surface area contributed by atoms with Crippen LogP contribution >= 0.6 is 11.3 Å². The van der Waals surface area contributed by atoms with Crippen molar-refractivity contribution < 1.29 is 19.1 Å². The molecule has 3 heterocycles. The number of carbonyl (C=O) groups is 2. The van der Waals surface area contributed by atoms with E-state index in [1.165, 1.54) is 11.3 Å². The summed E-state index contributed by atoms with van der Waals surface area (Å²) < 4.78 is 11.1. The van der Waals surface area contributed by atoms with Gasteiger partial charge in [-0.05, 0) is 29.1 Å². The number of nitrogens with zero attached hydrogens (tertiary/aromatic N) is 2. The van der Waals surface area contributed by atoms with Crippen molar-refractivity contribution >= 4 is 23.2 Å². The van der Waals surface area contributed by atoms with E-state index in [1.54, 1.807) is 0 Å². The van der Waals surface area contributed by atoms with Gasteiger partial charge < -0.3 is 19.3 Å². The number of carbonyl (C=O) groups excluding carboxylic acids is 2. The molecule has 1 fully saturated rings. The fourth-order valence-corrected chi connectivity index (χ4v) is 3.89. The van der Waals surface area contributed by atoms with E-state index in [2.05, 4.69) is 0 Å². The zero-order valence-electron chi connectivity index (χ0n) is 14.3. The molecule has 0 spiro atoms. The van der Waals surface area contributed by atoms with E-state index in [-0.39, 0.29) is 11.8 Å². The van der Waals surface area contributed by atoms with E-state index in [0.29, 0.717) is 51.6 Å². The maximum Gasteiger partial charge on any atom is 0.264 e. The molecule has 1 saturated heterocycles. The number of rotatable bonds is 3. The van der Waals surface area contributed by atoms with E-state index in [4.69, 9.17) is 9.47 Å². The lowest BCUT2D eigenvalue weighted by Gasteiger charge is -2.34. The Kier molecular flexibility index (Phi) is 4.79. The molecule has 0 unspecified atom stereocenters. The summed E-state index contributed by atoms with van der Waals surface area (Å²) >= 11 is 1.45. The molecule has 1 aromatic carbocycles. The first-order chi connectivity index (χ1) is 12.7. The van der Waals surface area contributed by atoms with Crippen LogP contribution < -0.4 is 9.47 Å². The molecule has 7 heteroatoms. The molecule has 4 rings (SSSR count). The molecule has 0 radical (unpaired) electrons. The van der Waals surface area contributed by atoms with Gasteiger partial charge in [-0.1, -0.05) is 12.1 Å². The number of hydrogen-bond donors (Lipinski definition) is 0. The standard InChI is InChI=1S/C19H20N2O4S/c22-18(13-14-3-4-15-16(12-14)25-10-9-24-15)20-5-7-21(8-6-20)19(23)17-2-1-11-26-17/h1-4,11-12H,5-10,13H2. The van der Waals surface area contributed by atoms with E-state index in [9.17, 15) is 9.59 Å². The van der Waals surface area contributed by atoms with Crippen LogP contribution in [-0.2, 0) is 11.2 Å². The first-order valence-corrected chi connectivity index (χ1v) is 9.58. The molecule has 136 valence electrons. The molecule has 2 aliphatic rings. The van der Waals surface area contributed by atoms with Crippen molar-refractivity contribution in [2.75, 3.05) is 39.4 Å². The van der Waals surface area contributed by atoms with Gasteiger partial charge >= 0.3 is 0 Å². The number of thiophene rings is 1. The molecule has 0 atom stereocenters. The highest BCUT2D eigenvalue weighted by molar-refractivity contribution is 7.12. The second-order valence-electron chi connectivity index (χ2n) is 6.31. The molecule has 2 amide bonds. The Balaban J connectivity index is 1.33. The van der Waals surface area contributed by atoms with Crippen LogP contribution in [-0.4, -0.2) is 61.0 Å². The first-order valence-electron chi connectivity index (χ1n) is 8.70. The third-order valence-electron chi connectivity index (χ3n) is 4.61. The lowest BCUT2D eigenvalue weighted by Crippen LogP contribution is -2.50. The van der Waals surface area contributed by atoms with Gasteiger partial charge in [-0.25, -0.2) is 0 Å². The Labute approximate surface area is 155 Å². The highest BCUT2D eigenvalue weighted by Crippen LogP contribution is 2.31. The summed E-state index contributed by atoms with van der Waals surface area (Å²) in [4.78, 5) is 29.4. The normalized spacial score (nSPS) is 16.5. The maximum atomic E-state index is 12.6. The second-order valence-corrected chi connectivity index (χ2v) is 7.25. The van der Waals surface area contributed by atoms with Crippen molar-refractivity contribution in [3.8, 4) is 11.5 Å². The van der Waals surface area contributed by atoms with Gasteiger partial charge in [0.2, 0.25) is 5.91 Å². The van der Waals surface area contributed by atoms with Crippen LogP contribution in [0.1, 0.15) is 15.2 Å². The molecule has 2 aromatic rings. The zero-order chi connectivity index (χ0) is 17.9. The summed E-state index contributed by atoms with van der Waals surface area (Å²) in [6.07, 6.45) is 0.329. The van der Waals surface area contributed by atoms with Crippen LogP contribution in [0.4, 0.5) is 0 Å². The summed E-state index contributed by atoms with van der Waals surface area (Å²) in [5.74, 6) is 1.56. The number of ether oxygens (including phenoxy) is 2. The molecule has 0 N–H and O–H groups in total. The highest BCUT2D eigenvalue weighted by atomic mass is 32.1. The summed E-state index contributed by atoms with van der Waals surface area (Å²) in [5.41, 5.74) is 0.913. The number of hydrogen-bond acceptors (Lipinski definition) is 5. The van der Waals surface area contributed by atoms with E-state index < -0.39 is 0 Å². The van der Waals surface area contributed by atoms with Crippen LogP contribution in [0.15, 0.2) is 35.7 Å². The second kappa shape index (κ2) is 7.37. The van der Waals surface area contributed by atoms with Crippen LogP contribution in [0.25, 0.3) is 0 Å². The monoisotopic (exact) mass is 372 g/mol. The number of benzene rings is 1. The average molecular weight is 372 g/mol. The van der Waals surface area contributed by atoms with Gasteiger partial charge in [-0.3, -0.25) is 9.59 Å². The number of fused-ring (bicyclic) bond motifs is 1. The zero-order valence-corrected chi connectivity index (χ0v) is 15.2. The molecule has 1 aromatic heterocycles. The van der Waals surface area contributed by atoms with Crippen molar-refractivity contribution in [1.82, 2.24) is 9.80 Å². The van der Waals surface area contributed by atoms with Crippen molar-refractivity contribution in [1.29, 1.82) is 0 Å². The molecule has 0 saturated carbocycles. The van der Waals surface area contributed by atoms with Crippen LogP contribution in [0.2, 0.25) is 0 Å². The predicted octanol–water partition coefficient (Wildman–Crippen LogP) is 2.05. The van der Waals surface area contributed by atoms with Gasteiger partial charge in [-0.2, -0.15) is 0 Å². The third-order valence-corrected chi connectivity index (χ3v) is 5.47. The van der Waals surface area contributed by atoms with Gasteiger partial charge in [0.15, 0.2) is 11.5 Å². The van der Waals surface area contributed by atoms with Crippen molar-refractivity contribution in [3.63, 3.8) is 0 Å². The Hall–Kier alpha value is -2.54. The van der Waals surface area contributed by atoms with E-state index in [1.807, 2.05) is 45.5 Å². The fourth-order valence-electron chi connectivity index (χ4n) is 3.20. The van der Waals surface area contributed by atoms with E-state index >= 15 is 0 Å². The van der Waals surface area contributed by atoms with Gasteiger partial charge in [-0.15, -0.1) is 11.3 Å². The lowest BCUT2D eigenvalue weighted by molar-refractivity contribution is -0.131. The largest absolute Gasteiger partial charge is 0.486 e. The minimum Gasteiger partial charge on any atom is -0.486 e. The molecular formula is C19H20N2O4S. The summed E-state index contributed by atoms with van der Waals surface area (Å²) in [6, 6.07) is 9.36. The Morgan fingerprint density at radius 1 is 0.962 bits per heavy atom. The van der Waals surface area contributed by atoms with Crippen molar-refractivity contribution in [3.05, 3.63) is 46.2 Å². The molecule has 0 bridgehead atoms. The molecule has 26 heavy (non-hydrogen) atoms. The lowest BCUT2D eigenvalue weighted by atomic mass is 10.1. The fraction of sp³-hybridized carbons (Fsp3) is 0.368. The topological polar surface area (TPSA) is 59.1 Å². The SMILES string of the molecule is O=C(Cc1ccc2c(c1)OCCO2)N1CCN(C(=O)c2cccs2)CC1. The minimum absolute atomic E-state index is 0.0546. The number of piperazine rings is 1. The molecular weight excluding hydrogens is 352 g/mol. The number of amides is 2. The van der Waals surface area contributed by atoms with Crippen LogP contribution in [0, 0.1) is 0 Å².